The van der Waals surface area contributed by atoms with E-state index in [1.165, 1.54) is 6.92 Å². The van der Waals surface area contributed by atoms with E-state index >= 15 is 0 Å². The van der Waals surface area contributed by atoms with Gasteiger partial charge < -0.3 is 26.7 Å². The van der Waals surface area contributed by atoms with Crippen LogP contribution in [0.15, 0.2) is 30.0 Å². The smallest absolute Gasteiger partial charge is 0.326 e. The molecule has 1 amide bonds. The van der Waals surface area contributed by atoms with E-state index in [-0.39, 0.29) is 36.4 Å². The van der Waals surface area contributed by atoms with Gasteiger partial charge in [0.25, 0.3) is 5.91 Å². The molecule has 1 aliphatic rings. The van der Waals surface area contributed by atoms with Crippen molar-refractivity contribution in [3.8, 4) is 0 Å². The van der Waals surface area contributed by atoms with Crippen molar-refractivity contribution in [2.24, 2.45) is 0 Å². The Balaban J connectivity index is 1.60. The molecule has 0 aliphatic heterocycles. The molecule has 0 bridgehead atoms. The van der Waals surface area contributed by atoms with Crippen molar-refractivity contribution in [3.05, 3.63) is 35.7 Å². The molecule has 1 unspecified atom stereocenters. The van der Waals surface area contributed by atoms with Crippen LogP contribution in [0.25, 0.3) is 11.2 Å². The number of carbonyl (C=O) groups excluding carboxylic acids is 2. The summed E-state index contributed by atoms with van der Waals surface area (Å²) in [6.07, 6.45) is 7.55. The van der Waals surface area contributed by atoms with Crippen molar-refractivity contribution in [2.75, 3.05) is 18.5 Å². The van der Waals surface area contributed by atoms with Gasteiger partial charge in [-0.05, 0) is 26.8 Å². The van der Waals surface area contributed by atoms with Crippen molar-refractivity contribution in [2.45, 2.75) is 44.8 Å². The standard InChI is InChI=1S/C21H26N8O4/c1-11(30)3-8-15(20(32)33)26-19(31)12-4-6-14(7-5-12)29(2)10-13-9-24-18-16(25-13)17(22)27-21(23)28-18/h4-6,9,14-15H,3,7-8,10H2,1-2H3,(H,26,31)(H,32,33)(H4,22,23,24,27,28)/t14?,15-/m0/s1/i3+1,4+1,5+1,6+1,7+1,8+1,11+1,12+1,14+1,15+1,20+1. The monoisotopic (exact) mass is 465 g/mol. The topological polar surface area (TPSA) is 190 Å². The molecule has 2 heterocycles. The quantitative estimate of drug-likeness (QED) is 0.370. The first-order valence-electron chi connectivity index (χ1n) is 10.3. The second kappa shape index (κ2) is 10.1. The van der Waals surface area contributed by atoms with Gasteiger partial charge in [0.2, 0.25) is 5.95 Å². The van der Waals surface area contributed by atoms with Gasteiger partial charge >= 0.3 is 5.97 Å². The van der Waals surface area contributed by atoms with Crippen LogP contribution in [0.4, 0.5) is 11.8 Å². The van der Waals surface area contributed by atoms with Crippen LogP contribution in [0, 0.1) is 0 Å². The zero-order chi connectivity index (χ0) is 24.1. The lowest BCUT2D eigenvalue weighted by atomic mass is 10.4. The second-order valence-electron chi connectivity index (χ2n) is 7.84. The van der Waals surface area contributed by atoms with Crippen molar-refractivity contribution < 1.29 is 19.5 Å². The van der Waals surface area contributed by atoms with Crippen LogP contribution in [0.2, 0.25) is 0 Å². The minimum atomic E-state index is -1.17. The van der Waals surface area contributed by atoms with Gasteiger partial charge in [0.15, 0.2) is 17.0 Å². The number of hydrogen-bond acceptors (Lipinski definition) is 10. The molecular weight excluding hydrogens is 439 g/mol. The number of nitrogens with zero attached hydrogens (tertiary/aromatic N) is 5. The highest BCUT2D eigenvalue weighted by Gasteiger charge is 2.23. The van der Waals surface area contributed by atoms with Crippen molar-refractivity contribution in [1.82, 2.24) is 30.2 Å². The number of Topliss-reactive ketones (excluding diaryl/α,β-unsaturated/α-hetero) is 1. The van der Waals surface area contributed by atoms with Gasteiger partial charge in [0.05, 0.1) is 11.9 Å². The second-order valence-corrected chi connectivity index (χ2v) is 7.84. The number of nitrogen functional groups attached to an aromatic ring is 2. The van der Waals surface area contributed by atoms with Gasteiger partial charge in [-0.15, -0.1) is 0 Å². The van der Waals surface area contributed by atoms with E-state index in [0.29, 0.717) is 35.4 Å². The Bertz CT molecular complexity index is 1150. The van der Waals surface area contributed by atoms with Crippen LogP contribution in [0.1, 0.15) is 31.9 Å². The number of aromatic nitrogens is 4. The van der Waals surface area contributed by atoms with Crippen molar-refractivity contribution in [1.29, 1.82) is 0 Å². The summed E-state index contributed by atoms with van der Waals surface area (Å²) in [6.45, 7) is 1.84. The Morgan fingerprint density at radius 1 is 1.27 bits per heavy atom. The van der Waals surface area contributed by atoms with E-state index in [1.807, 2.05) is 18.0 Å². The van der Waals surface area contributed by atoms with Crippen LogP contribution in [-0.4, -0.2) is 66.7 Å². The average Bonchev–Trinajstić information content (AvgIpc) is 2.76. The Labute approximate surface area is 189 Å². The first kappa shape index (κ1) is 23.7. The Hall–Kier alpha value is -3.93. The molecule has 0 aromatic carbocycles. The number of likely N-dealkylation sites (N-methyl/N-ethyl adjacent to an activating group) is 1. The zero-order valence-corrected chi connectivity index (χ0v) is 18.4. The lowest BCUT2D eigenvalue weighted by Gasteiger charge is -2.26. The molecule has 0 radical (unpaired) electrons. The number of carboxylic acid groups (broad SMARTS) is 1. The molecule has 2 aromatic heterocycles. The molecule has 0 spiro atoms. The van der Waals surface area contributed by atoms with Gasteiger partial charge in [0, 0.05) is 24.6 Å². The SMILES string of the molecule is C[13C](=O)[13CH2][13CH2][13C@H](NC(=O)[13C]1=[13CH][13CH2][13CH](N(C)Cc2cnc3nc(N)nc(N)c3n2)[13CH]=[13CH]1)[13C](=O)O. The number of amides is 1. The number of carbonyl (C=O) groups is 3. The van der Waals surface area contributed by atoms with Crippen LogP contribution >= 0.6 is 0 Å². The summed E-state index contributed by atoms with van der Waals surface area (Å²) in [5, 5.41) is 11.8. The Kier molecular flexibility index (Phi) is 7.28. The number of fused-ring (bicyclic) bond motifs is 1. The highest BCUT2D eigenvalue weighted by molar-refractivity contribution is 5.98. The molecule has 174 valence electrons. The molecule has 0 fully saturated rings. The summed E-state index contributed by atoms with van der Waals surface area (Å²) >= 11 is 0. The summed E-state index contributed by atoms with van der Waals surface area (Å²) in [7, 11) is 1.91. The van der Waals surface area contributed by atoms with Gasteiger partial charge in [-0.2, -0.15) is 9.97 Å². The fraction of sp³-hybridized carbons (Fsp3) is 0.381. The van der Waals surface area contributed by atoms with Crippen LogP contribution in [-0.2, 0) is 20.9 Å². The number of anilines is 2. The fourth-order valence-electron chi connectivity index (χ4n) is 3.38. The minimum absolute atomic E-state index is 0.00737. The predicted octanol–water partition coefficient (Wildman–Crippen LogP) is 0.210. The molecular formula is C21H26N8O4. The van der Waals surface area contributed by atoms with Gasteiger partial charge in [-0.1, -0.05) is 18.2 Å². The number of rotatable bonds is 9. The molecule has 2 aromatic rings. The summed E-state index contributed by atoms with van der Waals surface area (Å²) < 4.78 is 0. The number of aliphatic carboxylic acids is 1. The molecule has 2 atom stereocenters. The molecule has 6 N–H and O–H groups in total. The van der Waals surface area contributed by atoms with Gasteiger partial charge in [-0.25, -0.2) is 14.8 Å². The summed E-state index contributed by atoms with van der Waals surface area (Å²) in [6, 6.07) is -1.12. The number of carboxylic acids is 1. The number of hydrogen-bond donors (Lipinski definition) is 4. The maximum atomic E-state index is 12.5. The van der Waals surface area contributed by atoms with E-state index in [9.17, 15) is 19.5 Å². The highest BCUT2D eigenvalue weighted by atomic mass is 16.5. The average molecular weight is 465 g/mol. The minimum Gasteiger partial charge on any atom is -0.480 e. The molecule has 0 saturated heterocycles. The number of nitrogens with two attached hydrogens (primary N) is 2. The van der Waals surface area contributed by atoms with Crippen LogP contribution in [0.3, 0.4) is 0 Å². The largest absolute Gasteiger partial charge is 0.480 e. The molecule has 33 heavy (non-hydrogen) atoms. The Morgan fingerprint density at radius 3 is 2.67 bits per heavy atom. The van der Waals surface area contributed by atoms with Gasteiger partial charge in [0.1, 0.15) is 11.8 Å². The third-order valence-electron chi connectivity index (χ3n) is 5.21. The normalized spacial score (nSPS) is 16.5. The lowest BCUT2D eigenvalue weighted by Crippen LogP contribution is -2.42. The molecule has 12 nitrogen and oxygen atoms in total. The summed E-state index contributed by atoms with van der Waals surface area (Å²) in [4.78, 5) is 53.6. The van der Waals surface area contributed by atoms with Gasteiger partial charge in [-0.3, -0.25) is 9.69 Å². The molecule has 0 saturated carbocycles. The van der Waals surface area contributed by atoms with E-state index in [1.54, 1.807) is 18.3 Å². The molecule has 12 heteroatoms. The third kappa shape index (κ3) is 6.07. The summed E-state index contributed by atoms with van der Waals surface area (Å²) in [5.41, 5.74) is 13.2. The first-order valence-corrected chi connectivity index (χ1v) is 10.3. The van der Waals surface area contributed by atoms with E-state index in [0.717, 1.165) is 0 Å². The molecule has 1 aliphatic carbocycles. The van der Waals surface area contributed by atoms with Crippen molar-refractivity contribution >= 4 is 40.6 Å². The molecule has 3 rings (SSSR count). The van der Waals surface area contributed by atoms with E-state index < -0.39 is 17.9 Å². The van der Waals surface area contributed by atoms with Crippen molar-refractivity contribution in [3.63, 3.8) is 0 Å². The van der Waals surface area contributed by atoms with Crippen LogP contribution < -0.4 is 16.8 Å². The number of ketones is 1. The van der Waals surface area contributed by atoms with Crippen LogP contribution in [0.5, 0.6) is 0 Å². The first-order chi connectivity index (χ1) is 15.6. The maximum absolute atomic E-state index is 12.5. The van der Waals surface area contributed by atoms with E-state index in [4.69, 9.17) is 11.5 Å². The lowest BCUT2D eigenvalue weighted by molar-refractivity contribution is -0.141. The number of nitrogens with one attached hydrogen (secondary N) is 1. The van der Waals surface area contributed by atoms with E-state index in [2.05, 4.69) is 25.3 Å². The summed E-state index contributed by atoms with van der Waals surface area (Å²) in [5.74, 6) is -1.60. The maximum Gasteiger partial charge on any atom is 0.326 e. The predicted molar refractivity (Wildman–Crippen MR) is 121 cm³/mol. The fourth-order valence-corrected chi connectivity index (χ4v) is 3.38. The zero-order valence-electron chi connectivity index (χ0n) is 18.4. The third-order valence-corrected chi connectivity index (χ3v) is 5.21. The highest BCUT2D eigenvalue weighted by Crippen LogP contribution is 2.19. The Morgan fingerprint density at radius 2 is 2.03 bits per heavy atom.